The summed E-state index contributed by atoms with van der Waals surface area (Å²) in [6, 6.07) is 4.48. The van der Waals surface area contributed by atoms with Crippen molar-refractivity contribution in [2.75, 3.05) is 5.32 Å². The number of nitrogens with one attached hydrogen (secondary N) is 1. The van der Waals surface area contributed by atoms with Gasteiger partial charge >= 0.3 is 0 Å². The average Bonchev–Trinajstić information content (AvgIpc) is 2.31. The van der Waals surface area contributed by atoms with Crippen LogP contribution in [0.5, 0.6) is 0 Å². The van der Waals surface area contributed by atoms with Gasteiger partial charge in [-0.3, -0.25) is 4.79 Å². The minimum Gasteiger partial charge on any atom is -0.322 e. The highest BCUT2D eigenvalue weighted by Gasteiger charge is 2.20. The van der Waals surface area contributed by atoms with E-state index in [-0.39, 0.29) is 11.8 Å². The summed E-state index contributed by atoms with van der Waals surface area (Å²) < 4.78 is 0. The predicted octanol–water partition coefficient (Wildman–Crippen LogP) is 3.31. The number of hydrogen-bond donors (Lipinski definition) is 2. The average molecular weight is 275 g/mol. The van der Waals surface area contributed by atoms with Gasteiger partial charge in [-0.15, -0.1) is 0 Å². The van der Waals surface area contributed by atoms with Crippen molar-refractivity contribution < 1.29 is 4.79 Å². The fourth-order valence-corrected chi connectivity index (χ4v) is 1.83. The molecule has 0 aliphatic rings. The van der Waals surface area contributed by atoms with Crippen LogP contribution in [0.4, 0.5) is 5.69 Å². The lowest BCUT2D eigenvalue weighted by molar-refractivity contribution is -0.118. The number of hydrogen-bond acceptors (Lipinski definition) is 2. The second-order valence-corrected chi connectivity index (χ2v) is 4.81. The van der Waals surface area contributed by atoms with Gasteiger partial charge in [-0.2, -0.15) is 0 Å². The summed E-state index contributed by atoms with van der Waals surface area (Å²) >= 11 is 11.9. The summed E-state index contributed by atoms with van der Waals surface area (Å²) in [5, 5.41) is 3.48. The van der Waals surface area contributed by atoms with Gasteiger partial charge in [-0.05, 0) is 18.1 Å². The van der Waals surface area contributed by atoms with E-state index in [4.69, 9.17) is 28.9 Å². The van der Waals surface area contributed by atoms with Crippen molar-refractivity contribution in [2.24, 2.45) is 11.7 Å². The van der Waals surface area contributed by atoms with Crippen LogP contribution in [0.2, 0.25) is 10.0 Å². The Morgan fingerprint density at radius 2 is 1.94 bits per heavy atom. The normalized spacial score (nSPS) is 14.2. The quantitative estimate of drug-likeness (QED) is 0.885. The van der Waals surface area contributed by atoms with E-state index in [1.807, 2.05) is 13.8 Å². The second-order valence-electron chi connectivity index (χ2n) is 4.00. The predicted molar refractivity (Wildman–Crippen MR) is 72.5 cm³/mol. The summed E-state index contributed by atoms with van der Waals surface area (Å²) in [5.74, 6) is -0.161. The maximum Gasteiger partial charge on any atom is 0.241 e. The number of para-hydroxylation sites is 1. The molecule has 0 aromatic heterocycles. The van der Waals surface area contributed by atoms with Crippen LogP contribution in [0.25, 0.3) is 0 Å². The van der Waals surface area contributed by atoms with Crippen LogP contribution < -0.4 is 11.1 Å². The molecular formula is C12H16Cl2N2O. The van der Waals surface area contributed by atoms with Gasteiger partial charge in [0.2, 0.25) is 5.91 Å². The minimum atomic E-state index is -0.563. The molecule has 0 fully saturated rings. The molecule has 2 unspecified atom stereocenters. The molecule has 0 spiro atoms. The molecule has 3 N–H and O–H groups in total. The van der Waals surface area contributed by atoms with Crippen LogP contribution in [0, 0.1) is 5.92 Å². The number of anilines is 1. The lowest BCUT2D eigenvalue weighted by Gasteiger charge is -2.18. The molecule has 5 heteroatoms. The number of benzene rings is 1. The van der Waals surface area contributed by atoms with E-state index in [9.17, 15) is 4.79 Å². The van der Waals surface area contributed by atoms with Crippen molar-refractivity contribution in [1.29, 1.82) is 0 Å². The molecule has 1 rings (SSSR count). The molecule has 0 heterocycles. The molecule has 0 saturated heterocycles. The van der Waals surface area contributed by atoms with E-state index in [1.54, 1.807) is 18.2 Å². The smallest absolute Gasteiger partial charge is 0.241 e. The first kappa shape index (κ1) is 14.3. The molecule has 0 saturated carbocycles. The molecule has 17 heavy (non-hydrogen) atoms. The van der Waals surface area contributed by atoms with Crippen LogP contribution in [0.15, 0.2) is 18.2 Å². The zero-order valence-corrected chi connectivity index (χ0v) is 11.3. The Hall–Kier alpha value is -0.770. The molecule has 1 aromatic carbocycles. The summed E-state index contributed by atoms with van der Waals surface area (Å²) in [6.45, 7) is 3.92. The fraction of sp³-hybridized carbons (Fsp3) is 0.417. The molecule has 1 aromatic rings. The van der Waals surface area contributed by atoms with Crippen LogP contribution in [-0.4, -0.2) is 11.9 Å². The number of halogens is 2. The van der Waals surface area contributed by atoms with Crippen LogP contribution in [0.3, 0.4) is 0 Å². The topological polar surface area (TPSA) is 55.1 Å². The molecular weight excluding hydrogens is 259 g/mol. The summed E-state index contributed by atoms with van der Waals surface area (Å²) in [4.78, 5) is 11.9. The molecule has 0 bridgehead atoms. The minimum absolute atomic E-state index is 0.108. The SMILES string of the molecule is CCC(C)C(N)C(=O)Nc1c(Cl)cccc1Cl. The van der Waals surface area contributed by atoms with Crippen molar-refractivity contribution in [3.63, 3.8) is 0 Å². The van der Waals surface area contributed by atoms with Gasteiger partial charge in [-0.1, -0.05) is 49.5 Å². The lowest BCUT2D eigenvalue weighted by Crippen LogP contribution is -2.40. The zero-order valence-electron chi connectivity index (χ0n) is 9.84. The highest BCUT2D eigenvalue weighted by molar-refractivity contribution is 6.39. The van der Waals surface area contributed by atoms with Crippen LogP contribution in [-0.2, 0) is 4.79 Å². The third-order valence-electron chi connectivity index (χ3n) is 2.77. The third-order valence-corrected chi connectivity index (χ3v) is 3.40. The van der Waals surface area contributed by atoms with E-state index < -0.39 is 6.04 Å². The molecule has 0 radical (unpaired) electrons. The molecule has 0 aliphatic carbocycles. The summed E-state index contributed by atoms with van der Waals surface area (Å²) in [7, 11) is 0. The first-order valence-electron chi connectivity index (χ1n) is 5.47. The molecule has 3 nitrogen and oxygen atoms in total. The molecule has 1 amide bonds. The highest BCUT2D eigenvalue weighted by atomic mass is 35.5. The highest BCUT2D eigenvalue weighted by Crippen LogP contribution is 2.30. The summed E-state index contributed by atoms with van der Waals surface area (Å²) in [5.41, 5.74) is 6.24. The van der Waals surface area contributed by atoms with Gasteiger partial charge in [0.1, 0.15) is 0 Å². The van der Waals surface area contributed by atoms with Crippen molar-refractivity contribution >= 4 is 34.8 Å². The standard InChI is InChI=1S/C12H16Cl2N2O/c1-3-7(2)10(15)12(17)16-11-8(13)5-4-6-9(11)14/h4-7,10H,3,15H2,1-2H3,(H,16,17). The Bertz CT molecular complexity index is 389. The van der Waals surface area contributed by atoms with Gasteiger partial charge < -0.3 is 11.1 Å². The van der Waals surface area contributed by atoms with Gasteiger partial charge in [0.05, 0.1) is 21.8 Å². The summed E-state index contributed by atoms with van der Waals surface area (Å²) in [6.07, 6.45) is 0.838. The Kier molecular flexibility index (Phi) is 5.25. The fourth-order valence-electron chi connectivity index (χ4n) is 1.34. The van der Waals surface area contributed by atoms with E-state index >= 15 is 0 Å². The Morgan fingerprint density at radius 1 is 1.41 bits per heavy atom. The van der Waals surface area contributed by atoms with E-state index in [0.717, 1.165) is 6.42 Å². The number of carbonyl (C=O) groups is 1. The molecule has 0 aliphatic heterocycles. The van der Waals surface area contributed by atoms with E-state index in [1.165, 1.54) is 0 Å². The van der Waals surface area contributed by atoms with Gasteiger partial charge in [-0.25, -0.2) is 0 Å². The van der Waals surface area contributed by atoms with Crippen molar-refractivity contribution in [1.82, 2.24) is 0 Å². The second kappa shape index (κ2) is 6.24. The van der Waals surface area contributed by atoms with E-state index in [0.29, 0.717) is 15.7 Å². The zero-order chi connectivity index (χ0) is 13.0. The van der Waals surface area contributed by atoms with Crippen molar-refractivity contribution in [3.05, 3.63) is 28.2 Å². The Morgan fingerprint density at radius 3 is 2.41 bits per heavy atom. The molecule has 2 atom stereocenters. The van der Waals surface area contributed by atoms with Gasteiger partial charge in [0.15, 0.2) is 0 Å². The van der Waals surface area contributed by atoms with Crippen molar-refractivity contribution in [2.45, 2.75) is 26.3 Å². The number of nitrogens with two attached hydrogens (primary N) is 1. The Balaban J connectivity index is 2.81. The van der Waals surface area contributed by atoms with Crippen LogP contribution in [0.1, 0.15) is 20.3 Å². The number of carbonyl (C=O) groups excluding carboxylic acids is 1. The largest absolute Gasteiger partial charge is 0.322 e. The van der Waals surface area contributed by atoms with Crippen molar-refractivity contribution in [3.8, 4) is 0 Å². The number of amides is 1. The first-order valence-corrected chi connectivity index (χ1v) is 6.23. The maximum absolute atomic E-state index is 11.9. The third kappa shape index (κ3) is 3.60. The Labute approximate surface area is 111 Å². The lowest BCUT2D eigenvalue weighted by atomic mass is 9.99. The molecule has 94 valence electrons. The van der Waals surface area contributed by atoms with Gasteiger partial charge in [0.25, 0.3) is 0 Å². The maximum atomic E-state index is 11.9. The van der Waals surface area contributed by atoms with Gasteiger partial charge in [0, 0.05) is 0 Å². The van der Waals surface area contributed by atoms with E-state index in [2.05, 4.69) is 5.32 Å². The monoisotopic (exact) mass is 274 g/mol. The van der Waals surface area contributed by atoms with Crippen LogP contribution >= 0.6 is 23.2 Å². The first-order chi connectivity index (χ1) is 7.97. The number of rotatable bonds is 4.